The van der Waals surface area contributed by atoms with E-state index in [1.807, 2.05) is 30.3 Å². The summed E-state index contributed by atoms with van der Waals surface area (Å²) in [5.74, 6) is -0.890. The lowest BCUT2D eigenvalue weighted by atomic mass is 10.1. The number of hydrogen-bond acceptors (Lipinski definition) is 3. The first-order valence-corrected chi connectivity index (χ1v) is 4.35. The molecule has 0 fully saturated rings. The lowest BCUT2D eigenvalue weighted by Gasteiger charge is -2.09. The molecule has 0 aromatic heterocycles. The minimum atomic E-state index is -0.890. The van der Waals surface area contributed by atoms with Gasteiger partial charge in [0, 0.05) is 0 Å². The molecular formula is C9H11NO2S. The fourth-order valence-corrected chi connectivity index (χ4v) is 1.24. The zero-order valence-corrected chi connectivity index (χ0v) is 7.87. The first-order valence-electron chi connectivity index (χ1n) is 3.90. The molecule has 0 saturated heterocycles. The van der Waals surface area contributed by atoms with Gasteiger partial charge in [-0.2, -0.15) is 0 Å². The van der Waals surface area contributed by atoms with Crippen molar-refractivity contribution in [1.82, 2.24) is 4.72 Å². The van der Waals surface area contributed by atoms with Crippen molar-refractivity contribution >= 4 is 18.8 Å². The predicted molar refractivity (Wildman–Crippen MR) is 53.7 cm³/mol. The van der Waals surface area contributed by atoms with Crippen LogP contribution in [0.1, 0.15) is 5.56 Å². The third kappa shape index (κ3) is 3.08. The van der Waals surface area contributed by atoms with E-state index in [9.17, 15) is 4.79 Å². The zero-order valence-electron chi connectivity index (χ0n) is 6.97. The predicted octanol–water partition coefficient (Wildman–Crippen LogP) is 1.12. The second-order valence-corrected chi connectivity index (χ2v) is 2.97. The molecule has 0 radical (unpaired) electrons. The van der Waals surface area contributed by atoms with Crippen LogP contribution in [-0.2, 0) is 11.2 Å². The summed E-state index contributed by atoms with van der Waals surface area (Å²) >= 11 is 3.75. The average molecular weight is 197 g/mol. The standard InChI is InChI=1S/C9H11NO2S/c11-9(12)8(10-13)6-7-4-2-1-3-5-7/h1-5,8,10,13H,6H2,(H,11,12)/t8-/m0/s1. The van der Waals surface area contributed by atoms with Crippen molar-refractivity contribution < 1.29 is 9.90 Å². The number of rotatable bonds is 4. The van der Waals surface area contributed by atoms with Crippen molar-refractivity contribution in [3.8, 4) is 0 Å². The maximum absolute atomic E-state index is 10.6. The molecule has 1 rings (SSSR count). The molecule has 4 heteroatoms. The highest BCUT2D eigenvalue weighted by Crippen LogP contribution is 2.03. The summed E-state index contributed by atoms with van der Waals surface area (Å²) in [4.78, 5) is 10.6. The van der Waals surface area contributed by atoms with Gasteiger partial charge in [0.1, 0.15) is 6.04 Å². The number of nitrogens with one attached hydrogen (secondary N) is 1. The molecule has 1 atom stereocenters. The van der Waals surface area contributed by atoms with E-state index in [4.69, 9.17) is 5.11 Å². The van der Waals surface area contributed by atoms with E-state index in [2.05, 4.69) is 17.5 Å². The highest BCUT2D eigenvalue weighted by Gasteiger charge is 2.15. The van der Waals surface area contributed by atoms with Gasteiger partial charge in [0.25, 0.3) is 0 Å². The molecule has 0 amide bonds. The van der Waals surface area contributed by atoms with Crippen LogP contribution in [0.2, 0.25) is 0 Å². The molecule has 0 aliphatic rings. The van der Waals surface area contributed by atoms with Gasteiger partial charge in [-0.3, -0.25) is 9.52 Å². The monoisotopic (exact) mass is 197 g/mol. The van der Waals surface area contributed by atoms with Crippen LogP contribution in [0.3, 0.4) is 0 Å². The van der Waals surface area contributed by atoms with E-state index in [0.29, 0.717) is 6.42 Å². The smallest absolute Gasteiger partial charge is 0.321 e. The number of thiol groups is 1. The van der Waals surface area contributed by atoms with Gasteiger partial charge in [-0.25, -0.2) is 0 Å². The fraction of sp³-hybridized carbons (Fsp3) is 0.222. The topological polar surface area (TPSA) is 49.3 Å². The molecule has 2 N–H and O–H groups in total. The van der Waals surface area contributed by atoms with Crippen molar-refractivity contribution in [2.24, 2.45) is 0 Å². The SMILES string of the molecule is O=C(O)[C@H](Cc1ccccc1)NS. The highest BCUT2D eigenvalue weighted by molar-refractivity contribution is 7.78. The second kappa shape index (κ2) is 4.89. The molecule has 70 valence electrons. The van der Waals surface area contributed by atoms with Crippen LogP contribution in [0.4, 0.5) is 0 Å². The summed E-state index contributed by atoms with van der Waals surface area (Å²) in [6.45, 7) is 0. The number of benzene rings is 1. The van der Waals surface area contributed by atoms with Gasteiger partial charge in [-0.05, 0) is 12.0 Å². The second-order valence-electron chi connectivity index (χ2n) is 2.71. The molecule has 0 spiro atoms. The van der Waals surface area contributed by atoms with E-state index in [-0.39, 0.29) is 0 Å². The zero-order chi connectivity index (χ0) is 9.68. The Morgan fingerprint density at radius 3 is 2.54 bits per heavy atom. The minimum Gasteiger partial charge on any atom is -0.480 e. The summed E-state index contributed by atoms with van der Waals surface area (Å²) < 4.78 is 2.44. The normalized spacial score (nSPS) is 12.4. The Balaban J connectivity index is 2.62. The quantitative estimate of drug-likeness (QED) is 0.634. The Hall–Kier alpha value is -1.00. The molecular weight excluding hydrogens is 186 g/mol. The van der Waals surface area contributed by atoms with E-state index >= 15 is 0 Å². The molecule has 13 heavy (non-hydrogen) atoms. The number of carboxylic acid groups (broad SMARTS) is 1. The first-order chi connectivity index (χ1) is 6.24. The molecule has 0 saturated carbocycles. The van der Waals surface area contributed by atoms with Crippen molar-refractivity contribution in [3.05, 3.63) is 35.9 Å². The summed E-state index contributed by atoms with van der Waals surface area (Å²) in [6, 6.07) is 8.81. The van der Waals surface area contributed by atoms with Gasteiger partial charge in [0.15, 0.2) is 0 Å². The van der Waals surface area contributed by atoms with Crippen molar-refractivity contribution in [2.75, 3.05) is 0 Å². The largest absolute Gasteiger partial charge is 0.480 e. The van der Waals surface area contributed by atoms with E-state index in [1.165, 1.54) is 0 Å². The van der Waals surface area contributed by atoms with Crippen LogP contribution in [-0.4, -0.2) is 17.1 Å². The Morgan fingerprint density at radius 2 is 2.08 bits per heavy atom. The molecule has 1 aromatic carbocycles. The lowest BCUT2D eigenvalue weighted by molar-refractivity contribution is -0.138. The molecule has 1 aromatic rings. The van der Waals surface area contributed by atoms with Crippen molar-refractivity contribution in [3.63, 3.8) is 0 Å². The number of carbonyl (C=O) groups is 1. The number of aliphatic carboxylic acids is 1. The van der Waals surface area contributed by atoms with Gasteiger partial charge in [-0.1, -0.05) is 43.1 Å². The summed E-state index contributed by atoms with van der Waals surface area (Å²) in [5.41, 5.74) is 0.983. The Labute approximate surface area is 82.3 Å². The first kappa shape index (κ1) is 10.1. The van der Waals surface area contributed by atoms with Crippen LogP contribution in [0.15, 0.2) is 30.3 Å². The van der Waals surface area contributed by atoms with Gasteiger partial charge < -0.3 is 5.11 Å². The number of carboxylic acids is 1. The molecule has 3 nitrogen and oxygen atoms in total. The van der Waals surface area contributed by atoms with Gasteiger partial charge >= 0.3 is 5.97 Å². The molecule has 0 aliphatic heterocycles. The maximum atomic E-state index is 10.6. The summed E-state index contributed by atoms with van der Waals surface area (Å²) in [6.07, 6.45) is 0.444. The van der Waals surface area contributed by atoms with Crippen LogP contribution in [0, 0.1) is 0 Å². The molecule has 0 heterocycles. The third-order valence-electron chi connectivity index (χ3n) is 1.74. The van der Waals surface area contributed by atoms with Crippen LogP contribution in [0.5, 0.6) is 0 Å². The Bertz CT molecular complexity index is 276. The fourth-order valence-electron chi connectivity index (χ4n) is 1.04. The molecule has 0 unspecified atom stereocenters. The molecule has 0 bridgehead atoms. The average Bonchev–Trinajstić information content (AvgIpc) is 2.15. The maximum Gasteiger partial charge on any atom is 0.321 e. The van der Waals surface area contributed by atoms with Crippen LogP contribution in [0.25, 0.3) is 0 Å². The van der Waals surface area contributed by atoms with Crippen molar-refractivity contribution in [2.45, 2.75) is 12.5 Å². The third-order valence-corrected chi connectivity index (χ3v) is 2.05. The van der Waals surface area contributed by atoms with Gasteiger partial charge in [0.05, 0.1) is 0 Å². The van der Waals surface area contributed by atoms with Gasteiger partial charge in [-0.15, -0.1) is 0 Å². The Kier molecular flexibility index (Phi) is 3.79. The van der Waals surface area contributed by atoms with Crippen LogP contribution < -0.4 is 4.72 Å². The Morgan fingerprint density at radius 1 is 1.46 bits per heavy atom. The van der Waals surface area contributed by atoms with E-state index < -0.39 is 12.0 Å². The van der Waals surface area contributed by atoms with Crippen molar-refractivity contribution in [1.29, 1.82) is 0 Å². The van der Waals surface area contributed by atoms with E-state index in [0.717, 1.165) is 5.56 Å². The molecule has 0 aliphatic carbocycles. The van der Waals surface area contributed by atoms with E-state index in [1.54, 1.807) is 0 Å². The summed E-state index contributed by atoms with van der Waals surface area (Å²) in [7, 11) is 0. The highest BCUT2D eigenvalue weighted by atomic mass is 32.1. The van der Waals surface area contributed by atoms with Gasteiger partial charge in [0.2, 0.25) is 0 Å². The van der Waals surface area contributed by atoms with Crippen LogP contribution >= 0.6 is 12.8 Å². The lowest BCUT2D eigenvalue weighted by Crippen LogP contribution is -2.32. The minimum absolute atomic E-state index is 0.444. The summed E-state index contributed by atoms with van der Waals surface area (Å²) in [5, 5.41) is 8.72. The number of hydrogen-bond donors (Lipinski definition) is 3.